The molecule has 0 unspecified atom stereocenters. The first-order chi connectivity index (χ1) is 18.1. The van der Waals surface area contributed by atoms with Crippen LogP contribution in [0.3, 0.4) is 0 Å². The SMILES string of the molecule is Cc1cc(Cl)c2c(c1)-c1cccc(-n3c4ccccc4c4ccccc43)c1C21C2CC3CC(C2)CC1C3. The van der Waals surface area contributed by atoms with Gasteiger partial charge in [-0.25, -0.2) is 0 Å². The number of aryl methyl sites for hydroxylation is 1. The molecule has 37 heavy (non-hydrogen) atoms. The highest BCUT2D eigenvalue weighted by atomic mass is 35.5. The molecule has 0 radical (unpaired) electrons. The van der Waals surface area contributed by atoms with Gasteiger partial charge >= 0.3 is 0 Å². The van der Waals surface area contributed by atoms with Gasteiger partial charge in [-0.05, 0) is 115 Å². The molecule has 4 saturated carbocycles. The number of benzene rings is 4. The highest BCUT2D eigenvalue weighted by molar-refractivity contribution is 6.32. The molecule has 0 aliphatic heterocycles. The average Bonchev–Trinajstić information content (AvgIpc) is 3.38. The van der Waals surface area contributed by atoms with Crippen LogP contribution in [0.25, 0.3) is 38.6 Å². The van der Waals surface area contributed by atoms with E-state index in [1.54, 1.807) is 5.56 Å². The molecule has 1 heterocycles. The summed E-state index contributed by atoms with van der Waals surface area (Å²) >= 11 is 7.31. The summed E-state index contributed by atoms with van der Waals surface area (Å²) in [7, 11) is 0. The maximum absolute atomic E-state index is 7.31. The molecule has 2 heteroatoms. The second kappa shape index (κ2) is 7.08. The minimum Gasteiger partial charge on any atom is -0.309 e. The highest BCUT2D eigenvalue weighted by Gasteiger charge is 2.63. The van der Waals surface area contributed by atoms with Crippen LogP contribution in [-0.2, 0) is 5.41 Å². The number of para-hydroxylation sites is 2. The molecule has 5 aromatic rings. The van der Waals surface area contributed by atoms with Crippen molar-refractivity contribution in [2.24, 2.45) is 23.7 Å². The van der Waals surface area contributed by atoms with Crippen LogP contribution in [-0.4, -0.2) is 4.57 Å². The van der Waals surface area contributed by atoms with Gasteiger partial charge in [-0.15, -0.1) is 0 Å². The van der Waals surface area contributed by atoms with Gasteiger partial charge in [0.1, 0.15) is 0 Å². The number of rotatable bonds is 1. The molecule has 0 N–H and O–H groups in total. The van der Waals surface area contributed by atoms with Crippen LogP contribution in [0.15, 0.2) is 78.9 Å². The van der Waals surface area contributed by atoms with E-state index in [1.165, 1.54) is 81.9 Å². The van der Waals surface area contributed by atoms with Crippen LogP contribution in [0.4, 0.5) is 0 Å². The molecular formula is C35H30ClN. The minimum absolute atomic E-state index is 0.0198. The fourth-order valence-corrected chi connectivity index (χ4v) is 10.2. The molecule has 0 amide bonds. The van der Waals surface area contributed by atoms with Gasteiger partial charge in [0, 0.05) is 21.2 Å². The van der Waals surface area contributed by atoms with E-state index in [-0.39, 0.29) is 5.41 Å². The van der Waals surface area contributed by atoms with E-state index in [4.69, 9.17) is 11.6 Å². The van der Waals surface area contributed by atoms with E-state index >= 15 is 0 Å². The van der Waals surface area contributed by atoms with Crippen LogP contribution in [0, 0.1) is 30.6 Å². The van der Waals surface area contributed by atoms with Crippen molar-refractivity contribution in [2.45, 2.75) is 44.4 Å². The predicted molar refractivity (Wildman–Crippen MR) is 154 cm³/mol. The first-order valence-electron chi connectivity index (χ1n) is 14.1. The van der Waals surface area contributed by atoms with Crippen molar-refractivity contribution in [3.63, 3.8) is 0 Å². The lowest BCUT2D eigenvalue weighted by atomic mass is 9.43. The third-order valence-electron chi connectivity index (χ3n) is 10.6. The third-order valence-corrected chi connectivity index (χ3v) is 10.9. The molecule has 4 aromatic carbocycles. The number of nitrogens with zero attached hydrogens (tertiary/aromatic N) is 1. The first-order valence-corrected chi connectivity index (χ1v) is 14.5. The fourth-order valence-electron chi connectivity index (χ4n) is 9.81. The van der Waals surface area contributed by atoms with Gasteiger partial charge < -0.3 is 4.57 Å². The minimum atomic E-state index is 0.0198. The van der Waals surface area contributed by atoms with E-state index in [9.17, 15) is 0 Å². The summed E-state index contributed by atoms with van der Waals surface area (Å²) in [4.78, 5) is 0. The van der Waals surface area contributed by atoms with Gasteiger partial charge in [-0.3, -0.25) is 0 Å². The van der Waals surface area contributed by atoms with Gasteiger partial charge in [0.2, 0.25) is 0 Å². The van der Waals surface area contributed by atoms with Gasteiger partial charge in [-0.2, -0.15) is 0 Å². The lowest BCUT2D eigenvalue weighted by Gasteiger charge is -2.61. The molecule has 0 saturated heterocycles. The lowest BCUT2D eigenvalue weighted by Crippen LogP contribution is -2.55. The zero-order valence-electron chi connectivity index (χ0n) is 21.2. The third kappa shape index (κ3) is 2.48. The number of fused-ring (bicyclic) bond motifs is 6. The van der Waals surface area contributed by atoms with Crippen molar-refractivity contribution in [1.82, 2.24) is 4.57 Å². The molecule has 1 aromatic heterocycles. The summed E-state index contributed by atoms with van der Waals surface area (Å²) in [5.41, 5.74) is 11.1. The molecule has 5 aliphatic carbocycles. The summed E-state index contributed by atoms with van der Waals surface area (Å²) in [6.07, 6.45) is 6.89. The van der Waals surface area contributed by atoms with Crippen LogP contribution < -0.4 is 0 Å². The van der Waals surface area contributed by atoms with Crippen molar-refractivity contribution >= 4 is 33.4 Å². The Morgan fingerprint density at radius 1 is 0.676 bits per heavy atom. The van der Waals surface area contributed by atoms with Crippen LogP contribution in [0.2, 0.25) is 5.02 Å². The molecule has 1 nitrogen and oxygen atoms in total. The van der Waals surface area contributed by atoms with Crippen molar-refractivity contribution in [2.75, 3.05) is 0 Å². The smallest absolute Gasteiger partial charge is 0.0541 e. The average molecular weight is 500 g/mol. The molecule has 1 spiro atoms. The monoisotopic (exact) mass is 499 g/mol. The standard InChI is InChI=1S/C35H30ClN/c1-20-13-28-27-9-6-12-32(37-30-10-4-2-7-25(30)26-8-3-5-11-31(26)37)34(27)35(33(28)29(36)14-20)23-16-21-15-22(18-23)19-24(35)17-21/h2-14,21-24H,15-19H2,1H3. The highest BCUT2D eigenvalue weighted by Crippen LogP contribution is 2.71. The van der Waals surface area contributed by atoms with Crippen molar-refractivity contribution in [3.8, 4) is 16.8 Å². The van der Waals surface area contributed by atoms with Gasteiger partial charge in [0.05, 0.1) is 16.7 Å². The van der Waals surface area contributed by atoms with Crippen LogP contribution in [0.1, 0.15) is 48.8 Å². The zero-order chi connectivity index (χ0) is 24.5. The second-order valence-corrected chi connectivity index (χ2v) is 12.8. The number of halogens is 1. The Labute approximate surface area is 223 Å². The van der Waals surface area contributed by atoms with Crippen LogP contribution in [0.5, 0.6) is 0 Å². The van der Waals surface area contributed by atoms with Gasteiger partial charge in [0.15, 0.2) is 0 Å². The molecule has 182 valence electrons. The Morgan fingerprint density at radius 3 is 1.95 bits per heavy atom. The van der Waals surface area contributed by atoms with Crippen molar-refractivity contribution in [3.05, 3.63) is 101 Å². The predicted octanol–water partition coefficient (Wildman–Crippen LogP) is 9.47. The molecule has 0 atom stereocenters. The fraction of sp³-hybridized carbons (Fsp3) is 0.314. The Hall–Kier alpha value is -3.03. The normalized spacial score (nSPS) is 28.9. The van der Waals surface area contributed by atoms with Crippen molar-refractivity contribution in [1.29, 1.82) is 0 Å². The molecule has 4 bridgehead atoms. The molecule has 10 rings (SSSR count). The molecule has 5 aliphatic rings. The maximum atomic E-state index is 7.31. The van der Waals surface area contributed by atoms with Crippen molar-refractivity contribution < 1.29 is 0 Å². The Morgan fingerprint density at radius 2 is 1.30 bits per heavy atom. The maximum Gasteiger partial charge on any atom is 0.0541 e. The van der Waals surface area contributed by atoms with E-state index < -0.39 is 0 Å². The van der Waals surface area contributed by atoms with E-state index in [0.717, 1.165) is 16.9 Å². The summed E-state index contributed by atoms with van der Waals surface area (Å²) in [5, 5.41) is 3.66. The largest absolute Gasteiger partial charge is 0.309 e. The summed E-state index contributed by atoms with van der Waals surface area (Å²) in [6.45, 7) is 2.20. The van der Waals surface area contributed by atoms with Crippen LogP contribution >= 0.6 is 11.6 Å². The quantitative estimate of drug-likeness (QED) is 0.216. The zero-order valence-corrected chi connectivity index (χ0v) is 21.9. The second-order valence-electron chi connectivity index (χ2n) is 12.4. The lowest BCUT2D eigenvalue weighted by molar-refractivity contribution is -0.0398. The Kier molecular flexibility index (Phi) is 4.01. The molecular weight excluding hydrogens is 470 g/mol. The van der Waals surface area contributed by atoms with E-state index in [0.29, 0.717) is 11.8 Å². The number of aromatic nitrogens is 1. The summed E-state index contributed by atoms with van der Waals surface area (Å²) in [6, 6.07) is 29.6. The van der Waals surface area contributed by atoms with E-state index in [2.05, 4.69) is 90.4 Å². The number of hydrogen-bond acceptors (Lipinski definition) is 0. The Balaban J connectivity index is 1.45. The van der Waals surface area contributed by atoms with E-state index in [1.807, 2.05) is 0 Å². The first kappa shape index (κ1) is 21.0. The van der Waals surface area contributed by atoms with Gasteiger partial charge in [0.25, 0.3) is 0 Å². The summed E-state index contributed by atoms with van der Waals surface area (Å²) in [5.74, 6) is 3.17. The van der Waals surface area contributed by atoms with Gasteiger partial charge in [-0.1, -0.05) is 66.2 Å². The topological polar surface area (TPSA) is 4.93 Å². The molecule has 4 fully saturated rings. The summed E-state index contributed by atoms with van der Waals surface area (Å²) < 4.78 is 2.57. The number of hydrogen-bond donors (Lipinski definition) is 0. The Bertz CT molecular complexity index is 1690.